The number of benzene rings is 2. The summed E-state index contributed by atoms with van der Waals surface area (Å²) in [5.41, 5.74) is 1.75. The molecule has 0 fully saturated rings. The van der Waals surface area contributed by atoms with Crippen molar-refractivity contribution in [1.82, 2.24) is 15.0 Å². The van der Waals surface area contributed by atoms with Gasteiger partial charge in [0, 0.05) is 10.6 Å². The predicted molar refractivity (Wildman–Crippen MR) is 92.4 cm³/mol. The van der Waals surface area contributed by atoms with E-state index in [2.05, 4.69) is 10.2 Å². The van der Waals surface area contributed by atoms with Crippen LogP contribution < -0.4 is 4.74 Å². The molecule has 1 heterocycles. The predicted octanol–water partition coefficient (Wildman–Crippen LogP) is 4.01. The lowest BCUT2D eigenvalue weighted by atomic mass is 10.1. The highest BCUT2D eigenvalue weighted by Gasteiger charge is 2.12. The summed E-state index contributed by atoms with van der Waals surface area (Å²) in [4.78, 5) is 13.7. The maximum atomic E-state index is 12.3. The van der Waals surface area contributed by atoms with Crippen molar-refractivity contribution in [2.24, 2.45) is 0 Å². The number of ether oxygens (including phenoxy) is 1. The number of nitrogens with zero attached hydrogens (tertiary/aromatic N) is 3. The first-order valence-electron chi connectivity index (χ1n) is 7.11. The van der Waals surface area contributed by atoms with Crippen LogP contribution in [0.5, 0.6) is 5.75 Å². The highest BCUT2D eigenvalue weighted by molar-refractivity contribution is 6.35. The Bertz CT molecular complexity index is 876. The fourth-order valence-corrected chi connectivity index (χ4v) is 2.66. The van der Waals surface area contributed by atoms with Crippen molar-refractivity contribution >= 4 is 29.0 Å². The number of ketones is 1. The lowest BCUT2D eigenvalue weighted by molar-refractivity contribution is 0.0992. The summed E-state index contributed by atoms with van der Waals surface area (Å²) in [6, 6.07) is 12.0. The molecule has 0 N–H and O–H groups in total. The third kappa shape index (κ3) is 3.58. The highest BCUT2D eigenvalue weighted by atomic mass is 35.5. The minimum absolute atomic E-state index is 0.0492. The Hall–Kier alpha value is -2.37. The fraction of sp³-hybridized carbons (Fsp3) is 0.118. The number of Topliss-reactive ketones (excluding diaryl/α,β-unsaturated/α-hetero) is 1. The van der Waals surface area contributed by atoms with Gasteiger partial charge in [0.05, 0.1) is 30.4 Å². The van der Waals surface area contributed by atoms with Gasteiger partial charge in [-0.15, -0.1) is 4.80 Å². The number of hydrogen-bond acceptors (Lipinski definition) is 4. The summed E-state index contributed by atoms with van der Waals surface area (Å²) in [6.07, 6.45) is 1.70. The number of halogens is 2. The molecule has 3 aromatic rings. The number of carbonyl (C=O) groups excluding carboxylic acids is 1. The molecule has 0 unspecified atom stereocenters. The molecular weight excluding hydrogens is 349 g/mol. The Morgan fingerprint density at radius 2 is 1.92 bits per heavy atom. The van der Waals surface area contributed by atoms with Crippen molar-refractivity contribution in [3.8, 4) is 11.4 Å². The lowest BCUT2D eigenvalue weighted by Gasteiger charge is -2.03. The highest BCUT2D eigenvalue weighted by Crippen LogP contribution is 2.23. The number of hydrogen-bond donors (Lipinski definition) is 0. The van der Waals surface area contributed by atoms with Gasteiger partial charge < -0.3 is 4.74 Å². The van der Waals surface area contributed by atoms with E-state index in [1.165, 1.54) is 4.80 Å². The summed E-state index contributed by atoms with van der Waals surface area (Å²) >= 11 is 12.0. The van der Waals surface area contributed by atoms with Crippen molar-refractivity contribution < 1.29 is 9.53 Å². The third-order valence-electron chi connectivity index (χ3n) is 3.42. The van der Waals surface area contributed by atoms with E-state index in [1.54, 1.807) is 55.8 Å². The first-order chi connectivity index (χ1) is 11.6. The summed E-state index contributed by atoms with van der Waals surface area (Å²) in [6.45, 7) is 0. The van der Waals surface area contributed by atoms with E-state index in [1.807, 2.05) is 0 Å². The smallest absolute Gasteiger partial charge is 0.168 e. The molecule has 24 heavy (non-hydrogen) atoms. The van der Waals surface area contributed by atoms with Gasteiger partial charge in [-0.2, -0.15) is 10.2 Å². The van der Waals surface area contributed by atoms with Crippen LogP contribution in [0, 0.1) is 0 Å². The average Bonchev–Trinajstić information content (AvgIpc) is 3.03. The number of carbonyl (C=O) groups is 1. The Labute approximate surface area is 148 Å². The van der Waals surface area contributed by atoms with Crippen LogP contribution in [0.1, 0.15) is 16.1 Å². The first kappa shape index (κ1) is 16.5. The zero-order valence-corrected chi connectivity index (χ0v) is 14.3. The molecule has 0 radical (unpaired) electrons. The van der Waals surface area contributed by atoms with E-state index in [0.29, 0.717) is 32.7 Å². The van der Waals surface area contributed by atoms with Crippen LogP contribution in [0.3, 0.4) is 0 Å². The Morgan fingerprint density at radius 1 is 1.17 bits per heavy atom. The monoisotopic (exact) mass is 361 g/mol. The number of methoxy groups -OCH3 is 1. The Balaban J connectivity index is 1.76. The van der Waals surface area contributed by atoms with Gasteiger partial charge in [-0.25, -0.2) is 0 Å². The third-order valence-corrected chi connectivity index (χ3v) is 3.96. The van der Waals surface area contributed by atoms with Gasteiger partial charge in [0.25, 0.3) is 0 Å². The van der Waals surface area contributed by atoms with Gasteiger partial charge >= 0.3 is 0 Å². The fourth-order valence-electron chi connectivity index (χ4n) is 2.18. The van der Waals surface area contributed by atoms with E-state index in [4.69, 9.17) is 27.9 Å². The minimum Gasteiger partial charge on any atom is -0.497 e. The van der Waals surface area contributed by atoms with E-state index in [0.717, 1.165) is 0 Å². The summed E-state index contributed by atoms with van der Waals surface area (Å²) < 4.78 is 5.08. The second-order valence-corrected chi connectivity index (χ2v) is 5.89. The number of aromatic nitrogens is 3. The summed E-state index contributed by atoms with van der Waals surface area (Å²) in [7, 11) is 1.58. The van der Waals surface area contributed by atoms with Crippen molar-refractivity contribution in [3.63, 3.8) is 0 Å². The van der Waals surface area contributed by atoms with Crippen LogP contribution in [0.2, 0.25) is 10.0 Å². The maximum Gasteiger partial charge on any atom is 0.168 e. The molecule has 2 aromatic carbocycles. The molecule has 0 spiro atoms. The molecule has 1 aromatic heterocycles. The molecule has 0 atom stereocenters. The van der Waals surface area contributed by atoms with Crippen LogP contribution in [0.25, 0.3) is 5.69 Å². The van der Waals surface area contributed by atoms with Crippen molar-refractivity contribution in [2.45, 2.75) is 6.42 Å². The van der Waals surface area contributed by atoms with Crippen molar-refractivity contribution in [2.75, 3.05) is 7.11 Å². The van der Waals surface area contributed by atoms with Crippen LogP contribution in [-0.2, 0) is 6.42 Å². The van der Waals surface area contributed by atoms with E-state index in [9.17, 15) is 4.79 Å². The van der Waals surface area contributed by atoms with E-state index >= 15 is 0 Å². The van der Waals surface area contributed by atoms with Crippen LogP contribution in [0.4, 0.5) is 0 Å². The first-order valence-corrected chi connectivity index (χ1v) is 7.86. The van der Waals surface area contributed by atoms with Gasteiger partial charge in [-0.3, -0.25) is 4.79 Å². The SMILES string of the molecule is COc1ccc(C(=O)Cc2cnn(-c3ccc(Cl)cc3Cl)n2)cc1. The Morgan fingerprint density at radius 3 is 2.58 bits per heavy atom. The van der Waals surface area contributed by atoms with Crippen LogP contribution in [-0.4, -0.2) is 27.9 Å². The molecule has 0 bridgehead atoms. The molecule has 0 aliphatic rings. The normalized spacial score (nSPS) is 10.6. The molecule has 7 heteroatoms. The van der Waals surface area contributed by atoms with Gasteiger partial charge in [0.15, 0.2) is 5.78 Å². The molecule has 0 aliphatic carbocycles. The zero-order chi connectivity index (χ0) is 17.1. The number of rotatable bonds is 5. The van der Waals surface area contributed by atoms with Gasteiger partial charge in [0.1, 0.15) is 11.4 Å². The molecule has 0 amide bonds. The van der Waals surface area contributed by atoms with Gasteiger partial charge in [0.2, 0.25) is 0 Å². The molecule has 3 rings (SSSR count). The summed E-state index contributed by atoms with van der Waals surface area (Å²) in [5.74, 6) is 0.654. The summed E-state index contributed by atoms with van der Waals surface area (Å²) in [5, 5.41) is 9.43. The molecule has 0 aliphatic heterocycles. The second-order valence-electron chi connectivity index (χ2n) is 5.05. The minimum atomic E-state index is -0.0492. The van der Waals surface area contributed by atoms with Crippen molar-refractivity contribution in [3.05, 3.63) is 70.0 Å². The molecule has 5 nitrogen and oxygen atoms in total. The van der Waals surface area contributed by atoms with Crippen LogP contribution in [0.15, 0.2) is 48.7 Å². The van der Waals surface area contributed by atoms with E-state index in [-0.39, 0.29) is 12.2 Å². The molecule has 122 valence electrons. The topological polar surface area (TPSA) is 57.0 Å². The van der Waals surface area contributed by atoms with Gasteiger partial charge in [-0.05, 0) is 42.5 Å². The zero-order valence-electron chi connectivity index (χ0n) is 12.7. The largest absolute Gasteiger partial charge is 0.497 e. The lowest BCUT2D eigenvalue weighted by Crippen LogP contribution is -2.05. The van der Waals surface area contributed by atoms with Gasteiger partial charge in [-0.1, -0.05) is 23.2 Å². The molecule has 0 saturated heterocycles. The maximum absolute atomic E-state index is 12.3. The van der Waals surface area contributed by atoms with Crippen molar-refractivity contribution in [1.29, 1.82) is 0 Å². The standard InChI is InChI=1S/C17H13Cl2N3O2/c1-24-14-5-2-11(3-6-14)17(23)9-13-10-20-22(21-13)16-7-4-12(18)8-15(16)19/h2-8,10H,9H2,1H3. The second kappa shape index (κ2) is 7.03. The molecular formula is C17H13Cl2N3O2. The van der Waals surface area contributed by atoms with E-state index < -0.39 is 0 Å². The average molecular weight is 362 g/mol. The molecule has 0 saturated carbocycles. The quantitative estimate of drug-likeness (QED) is 0.644. The Kier molecular flexibility index (Phi) is 4.83. The van der Waals surface area contributed by atoms with Crippen LogP contribution >= 0.6 is 23.2 Å².